The van der Waals surface area contributed by atoms with Crippen LogP contribution in [-0.4, -0.2) is 41.7 Å². The summed E-state index contributed by atoms with van der Waals surface area (Å²) in [5, 5.41) is 8.99. The van der Waals surface area contributed by atoms with Crippen LogP contribution in [0.1, 0.15) is 38.2 Å². The summed E-state index contributed by atoms with van der Waals surface area (Å²) in [6.45, 7) is 3.24. The second-order valence-electron chi connectivity index (χ2n) is 5.87. The molecule has 1 aromatic carbocycles. The van der Waals surface area contributed by atoms with E-state index in [-0.39, 0.29) is 12.5 Å². The molecule has 1 N–H and O–H groups in total. The number of likely N-dealkylation sites (tertiary alicyclic amines) is 1. The first-order valence-electron chi connectivity index (χ1n) is 7.70. The smallest absolute Gasteiger partial charge is 0.304 e. The third-order valence-electron chi connectivity index (χ3n) is 4.41. The van der Waals surface area contributed by atoms with Crippen LogP contribution in [0, 0.1) is 0 Å². The lowest BCUT2D eigenvalue weighted by atomic mass is 10.0. The molecule has 2 unspecified atom stereocenters. The number of methoxy groups -OCH3 is 1. The minimum Gasteiger partial charge on any atom is -0.497 e. The Labute approximate surface area is 126 Å². The monoisotopic (exact) mass is 291 g/mol. The second-order valence-corrected chi connectivity index (χ2v) is 5.87. The van der Waals surface area contributed by atoms with Gasteiger partial charge in [-0.3, -0.25) is 9.69 Å². The minimum absolute atomic E-state index is 0.216. The van der Waals surface area contributed by atoms with Gasteiger partial charge in [0.15, 0.2) is 0 Å². The molecule has 2 atom stereocenters. The number of carbonyl (C=O) groups is 1. The van der Waals surface area contributed by atoms with Gasteiger partial charge in [0, 0.05) is 12.1 Å². The minimum atomic E-state index is -0.686. The van der Waals surface area contributed by atoms with Crippen molar-refractivity contribution >= 4 is 5.97 Å². The molecule has 1 saturated heterocycles. The highest BCUT2D eigenvalue weighted by Crippen LogP contribution is 2.25. The van der Waals surface area contributed by atoms with Crippen molar-refractivity contribution in [3.05, 3.63) is 29.8 Å². The summed E-state index contributed by atoms with van der Waals surface area (Å²) in [5.74, 6) is 0.196. The number of hydrogen-bond donors (Lipinski definition) is 1. The molecule has 0 saturated carbocycles. The van der Waals surface area contributed by atoms with Crippen LogP contribution >= 0.6 is 0 Å². The summed E-state index contributed by atoms with van der Waals surface area (Å²) in [5.41, 5.74) is 1.30. The maximum absolute atomic E-state index is 10.9. The molecule has 4 heteroatoms. The van der Waals surface area contributed by atoms with Gasteiger partial charge in [0.2, 0.25) is 0 Å². The molecule has 0 amide bonds. The Balaban J connectivity index is 1.85. The lowest BCUT2D eigenvalue weighted by Gasteiger charge is -2.30. The van der Waals surface area contributed by atoms with Crippen LogP contribution in [0.4, 0.5) is 0 Å². The van der Waals surface area contributed by atoms with E-state index in [1.54, 1.807) is 7.11 Å². The zero-order valence-corrected chi connectivity index (χ0v) is 12.9. The van der Waals surface area contributed by atoms with E-state index in [4.69, 9.17) is 9.84 Å². The van der Waals surface area contributed by atoms with Gasteiger partial charge in [-0.15, -0.1) is 0 Å². The molecule has 1 heterocycles. The van der Waals surface area contributed by atoms with Crippen LogP contribution < -0.4 is 4.74 Å². The molecule has 0 bridgehead atoms. The highest BCUT2D eigenvalue weighted by molar-refractivity contribution is 5.67. The lowest BCUT2D eigenvalue weighted by molar-refractivity contribution is -0.138. The second kappa shape index (κ2) is 7.46. The largest absolute Gasteiger partial charge is 0.497 e. The average Bonchev–Trinajstić information content (AvgIpc) is 2.92. The average molecular weight is 291 g/mol. The molecule has 2 rings (SSSR count). The van der Waals surface area contributed by atoms with Gasteiger partial charge in [0.25, 0.3) is 0 Å². The third kappa shape index (κ3) is 4.46. The van der Waals surface area contributed by atoms with Gasteiger partial charge in [-0.1, -0.05) is 12.1 Å². The predicted octanol–water partition coefficient (Wildman–Crippen LogP) is 2.96. The van der Waals surface area contributed by atoms with E-state index in [9.17, 15) is 4.79 Å². The number of carboxylic acid groups (broad SMARTS) is 1. The van der Waals surface area contributed by atoms with Crippen molar-refractivity contribution in [3.63, 3.8) is 0 Å². The first-order chi connectivity index (χ1) is 10.1. The van der Waals surface area contributed by atoms with Crippen LogP contribution in [-0.2, 0) is 11.2 Å². The standard InChI is InChI=1S/C17H25NO3/c1-13(18-11-3-4-15(18)12-17(19)20)5-6-14-7-9-16(21-2)10-8-14/h7-10,13,15H,3-6,11-12H2,1-2H3,(H,19,20). The van der Waals surface area contributed by atoms with E-state index in [2.05, 4.69) is 24.0 Å². The van der Waals surface area contributed by atoms with Crippen molar-refractivity contribution in [2.24, 2.45) is 0 Å². The maximum Gasteiger partial charge on any atom is 0.304 e. The summed E-state index contributed by atoms with van der Waals surface area (Å²) < 4.78 is 5.16. The van der Waals surface area contributed by atoms with E-state index in [0.29, 0.717) is 6.04 Å². The molecule has 116 valence electrons. The fraction of sp³-hybridized carbons (Fsp3) is 0.588. The number of nitrogens with zero attached hydrogens (tertiary/aromatic N) is 1. The SMILES string of the molecule is COc1ccc(CCC(C)N2CCCC2CC(=O)O)cc1. The van der Waals surface area contributed by atoms with E-state index in [1.165, 1.54) is 5.56 Å². The van der Waals surface area contributed by atoms with Crippen molar-refractivity contribution < 1.29 is 14.6 Å². The summed E-state index contributed by atoms with van der Waals surface area (Å²) in [6.07, 6.45) is 4.47. The number of benzene rings is 1. The van der Waals surface area contributed by atoms with Crippen LogP contribution in [0.2, 0.25) is 0 Å². The quantitative estimate of drug-likeness (QED) is 0.839. The Hall–Kier alpha value is -1.55. The van der Waals surface area contributed by atoms with Crippen LogP contribution in [0.15, 0.2) is 24.3 Å². The van der Waals surface area contributed by atoms with Gasteiger partial charge in [-0.25, -0.2) is 0 Å². The van der Waals surface area contributed by atoms with Crippen molar-refractivity contribution in [1.82, 2.24) is 4.90 Å². The van der Waals surface area contributed by atoms with Gasteiger partial charge in [-0.2, -0.15) is 0 Å². The lowest BCUT2D eigenvalue weighted by Crippen LogP contribution is -2.38. The zero-order chi connectivity index (χ0) is 15.2. The fourth-order valence-corrected chi connectivity index (χ4v) is 3.19. The van der Waals surface area contributed by atoms with Crippen molar-refractivity contribution in [1.29, 1.82) is 0 Å². The summed E-state index contributed by atoms with van der Waals surface area (Å²) in [7, 11) is 1.67. The molecule has 4 nitrogen and oxygen atoms in total. The molecule has 0 radical (unpaired) electrons. The molecule has 0 spiro atoms. The molecule has 21 heavy (non-hydrogen) atoms. The number of carboxylic acids is 1. The van der Waals surface area contributed by atoms with Crippen LogP contribution in [0.25, 0.3) is 0 Å². The first-order valence-corrected chi connectivity index (χ1v) is 7.70. The van der Waals surface area contributed by atoms with E-state index in [0.717, 1.165) is 38.0 Å². The fourth-order valence-electron chi connectivity index (χ4n) is 3.19. The number of hydrogen-bond acceptors (Lipinski definition) is 3. The van der Waals surface area contributed by atoms with Crippen molar-refractivity contribution in [2.75, 3.05) is 13.7 Å². The number of aryl methyl sites for hydroxylation is 1. The number of rotatable bonds is 7. The van der Waals surface area contributed by atoms with Crippen LogP contribution in [0.3, 0.4) is 0 Å². The Morgan fingerprint density at radius 3 is 2.76 bits per heavy atom. The van der Waals surface area contributed by atoms with Gasteiger partial charge in [0.1, 0.15) is 5.75 Å². The highest BCUT2D eigenvalue weighted by Gasteiger charge is 2.29. The van der Waals surface area contributed by atoms with Gasteiger partial charge >= 0.3 is 5.97 Å². The molecule has 1 aliphatic rings. The van der Waals surface area contributed by atoms with Gasteiger partial charge < -0.3 is 9.84 Å². The van der Waals surface area contributed by atoms with E-state index < -0.39 is 5.97 Å². The summed E-state index contributed by atoms with van der Waals surface area (Å²) in [6, 6.07) is 8.83. The predicted molar refractivity (Wildman–Crippen MR) is 82.8 cm³/mol. The maximum atomic E-state index is 10.9. The number of aliphatic carboxylic acids is 1. The molecule has 0 aliphatic carbocycles. The highest BCUT2D eigenvalue weighted by atomic mass is 16.5. The van der Waals surface area contributed by atoms with E-state index >= 15 is 0 Å². The van der Waals surface area contributed by atoms with Crippen LogP contribution in [0.5, 0.6) is 5.75 Å². The zero-order valence-electron chi connectivity index (χ0n) is 12.9. The van der Waals surface area contributed by atoms with E-state index in [1.807, 2.05) is 12.1 Å². The summed E-state index contributed by atoms with van der Waals surface area (Å²) in [4.78, 5) is 13.3. The Bertz CT molecular complexity index is 458. The Kier molecular flexibility index (Phi) is 5.62. The molecule has 1 fully saturated rings. The van der Waals surface area contributed by atoms with Gasteiger partial charge in [0.05, 0.1) is 13.5 Å². The Morgan fingerprint density at radius 1 is 1.43 bits per heavy atom. The normalized spacial score (nSPS) is 20.4. The molecular formula is C17H25NO3. The Morgan fingerprint density at radius 2 is 2.14 bits per heavy atom. The van der Waals surface area contributed by atoms with Gasteiger partial charge in [-0.05, 0) is 56.8 Å². The molecule has 0 aromatic heterocycles. The molecule has 1 aliphatic heterocycles. The third-order valence-corrected chi connectivity index (χ3v) is 4.41. The first kappa shape index (κ1) is 15.8. The summed E-state index contributed by atoms with van der Waals surface area (Å²) >= 11 is 0. The van der Waals surface area contributed by atoms with Crippen molar-refractivity contribution in [3.8, 4) is 5.75 Å². The topological polar surface area (TPSA) is 49.8 Å². The number of ether oxygens (including phenoxy) is 1. The molecule has 1 aromatic rings. The molecular weight excluding hydrogens is 266 g/mol. The van der Waals surface area contributed by atoms with Crippen molar-refractivity contribution in [2.45, 2.75) is 51.1 Å².